The van der Waals surface area contributed by atoms with Gasteiger partial charge in [0.1, 0.15) is 12.6 Å². The molecule has 2 atom stereocenters. The first-order valence-electron chi connectivity index (χ1n) is 12.6. The first kappa shape index (κ1) is 30.5. The monoisotopic (exact) mass is 589 g/mol. The van der Waals surface area contributed by atoms with Crippen LogP contribution in [0, 0.1) is 0 Å². The first-order chi connectivity index (χ1) is 18.5. The molecular weight excluding hydrogens is 557 g/mol. The third kappa shape index (κ3) is 8.71. The average Bonchev–Trinajstić information content (AvgIpc) is 2.91. The number of rotatable bonds is 12. The number of carbonyl (C=O) groups excluding carboxylic acids is 2. The molecule has 0 fully saturated rings. The van der Waals surface area contributed by atoms with E-state index in [0.717, 1.165) is 28.1 Å². The number of sulfonamides is 1. The summed E-state index contributed by atoms with van der Waals surface area (Å²) < 4.78 is 26.6. The Kier molecular flexibility index (Phi) is 10.8. The van der Waals surface area contributed by atoms with Crippen LogP contribution in [0.15, 0.2) is 78.9 Å². The van der Waals surface area contributed by atoms with Gasteiger partial charge < -0.3 is 10.2 Å². The van der Waals surface area contributed by atoms with E-state index in [-0.39, 0.29) is 40.6 Å². The van der Waals surface area contributed by atoms with Crippen LogP contribution >= 0.6 is 23.2 Å². The third-order valence-electron chi connectivity index (χ3n) is 6.34. The largest absolute Gasteiger partial charge is 0.352 e. The van der Waals surface area contributed by atoms with E-state index in [4.69, 9.17) is 23.2 Å². The summed E-state index contributed by atoms with van der Waals surface area (Å²) in [6.45, 7) is 3.46. The molecule has 0 aromatic heterocycles. The minimum absolute atomic E-state index is 0.104. The molecule has 3 rings (SSSR count). The maximum absolute atomic E-state index is 14.0. The Morgan fingerprint density at radius 3 is 2.03 bits per heavy atom. The van der Waals surface area contributed by atoms with Gasteiger partial charge >= 0.3 is 0 Å². The highest BCUT2D eigenvalue weighted by atomic mass is 35.5. The Balaban J connectivity index is 2.05. The zero-order valence-electron chi connectivity index (χ0n) is 22.2. The van der Waals surface area contributed by atoms with Crippen LogP contribution in [0.4, 0.5) is 5.69 Å². The Hall–Kier alpha value is -3.07. The molecule has 39 heavy (non-hydrogen) atoms. The van der Waals surface area contributed by atoms with Crippen molar-refractivity contribution in [3.63, 3.8) is 0 Å². The summed E-state index contributed by atoms with van der Waals surface area (Å²) in [5, 5.41) is 3.42. The zero-order valence-corrected chi connectivity index (χ0v) is 24.5. The minimum atomic E-state index is -3.89. The van der Waals surface area contributed by atoms with Gasteiger partial charge in [0, 0.05) is 19.0 Å². The van der Waals surface area contributed by atoms with Gasteiger partial charge in [0.05, 0.1) is 22.0 Å². The normalized spacial score (nSPS) is 12.8. The fraction of sp³-hybridized carbons (Fsp3) is 0.310. The number of benzene rings is 3. The lowest BCUT2D eigenvalue weighted by atomic mass is 10.0. The molecule has 0 unspecified atom stereocenters. The molecule has 208 valence electrons. The topological polar surface area (TPSA) is 86.8 Å². The Bertz CT molecular complexity index is 1370. The number of amides is 2. The van der Waals surface area contributed by atoms with Gasteiger partial charge in [-0.25, -0.2) is 8.42 Å². The second kappa shape index (κ2) is 13.8. The summed E-state index contributed by atoms with van der Waals surface area (Å²) in [4.78, 5) is 29.1. The quantitative estimate of drug-likeness (QED) is 0.310. The molecule has 0 aliphatic heterocycles. The van der Waals surface area contributed by atoms with Crippen molar-refractivity contribution in [1.29, 1.82) is 0 Å². The summed E-state index contributed by atoms with van der Waals surface area (Å²) in [6.07, 6.45) is 1.99. The molecule has 0 aliphatic rings. The Labute approximate surface area is 240 Å². The molecular formula is C29H33Cl2N3O4S. The molecule has 0 saturated heterocycles. The van der Waals surface area contributed by atoms with Crippen molar-refractivity contribution in [2.45, 2.75) is 45.3 Å². The number of carbonyl (C=O) groups is 2. The number of nitrogens with zero attached hydrogens (tertiary/aromatic N) is 2. The van der Waals surface area contributed by atoms with Crippen LogP contribution in [-0.4, -0.2) is 50.0 Å². The molecule has 3 aromatic rings. The van der Waals surface area contributed by atoms with E-state index in [0.29, 0.717) is 0 Å². The van der Waals surface area contributed by atoms with Gasteiger partial charge in [-0.2, -0.15) is 0 Å². The highest BCUT2D eigenvalue weighted by Gasteiger charge is 2.33. The summed E-state index contributed by atoms with van der Waals surface area (Å²) in [5.41, 5.74) is 1.88. The number of hydrogen-bond donors (Lipinski definition) is 1. The fourth-order valence-electron chi connectivity index (χ4n) is 4.03. The van der Waals surface area contributed by atoms with Crippen LogP contribution in [0.5, 0.6) is 0 Å². The molecule has 0 heterocycles. The summed E-state index contributed by atoms with van der Waals surface area (Å²) in [6, 6.07) is 22.1. The van der Waals surface area contributed by atoms with Gasteiger partial charge in [0.2, 0.25) is 21.8 Å². The fourth-order valence-corrected chi connectivity index (χ4v) is 5.16. The number of anilines is 1. The van der Waals surface area contributed by atoms with Gasteiger partial charge in [-0.1, -0.05) is 90.8 Å². The molecule has 3 aromatic carbocycles. The van der Waals surface area contributed by atoms with E-state index in [9.17, 15) is 18.0 Å². The van der Waals surface area contributed by atoms with Gasteiger partial charge in [0.25, 0.3) is 0 Å². The maximum atomic E-state index is 14.0. The van der Waals surface area contributed by atoms with Crippen LogP contribution in [-0.2, 0) is 32.6 Å². The van der Waals surface area contributed by atoms with Crippen molar-refractivity contribution in [3.8, 4) is 0 Å². The van der Waals surface area contributed by atoms with Crippen molar-refractivity contribution in [3.05, 3.63) is 100 Å². The molecule has 2 amide bonds. The Morgan fingerprint density at radius 1 is 0.897 bits per heavy atom. The SMILES string of the molecule is CC[C@@H](C)NC(=O)[C@H](Cc1ccccc1)N(Cc1ccccc1)C(=O)CN(c1ccc(Cl)c(Cl)c1)S(C)(=O)=O. The average molecular weight is 591 g/mol. The first-order valence-corrected chi connectivity index (χ1v) is 15.2. The third-order valence-corrected chi connectivity index (χ3v) is 8.22. The maximum Gasteiger partial charge on any atom is 0.244 e. The van der Waals surface area contributed by atoms with Crippen molar-refractivity contribution in [2.75, 3.05) is 17.1 Å². The molecule has 1 N–H and O–H groups in total. The minimum Gasteiger partial charge on any atom is -0.352 e. The molecule has 0 aliphatic carbocycles. The molecule has 0 bridgehead atoms. The lowest BCUT2D eigenvalue weighted by molar-refractivity contribution is -0.140. The zero-order chi connectivity index (χ0) is 28.6. The number of halogens is 2. The lowest BCUT2D eigenvalue weighted by Gasteiger charge is -2.34. The summed E-state index contributed by atoms with van der Waals surface area (Å²) >= 11 is 12.2. The van der Waals surface area contributed by atoms with Crippen molar-refractivity contribution in [1.82, 2.24) is 10.2 Å². The molecule has 0 radical (unpaired) electrons. The second-order valence-electron chi connectivity index (χ2n) is 9.40. The van der Waals surface area contributed by atoms with Gasteiger partial charge in [0.15, 0.2) is 0 Å². The van der Waals surface area contributed by atoms with E-state index in [1.165, 1.54) is 23.1 Å². The Morgan fingerprint density at radius 2 is 1.49 bits per heavy atom. The van der Waals surface area contributed by atoms with Crippen LogP contribution in [0.3, 0.4) is 0 Å². The van der Waals surface area contributed by atoms with Crippen LogP contribution in [0.25, 0.3) is 0 Å². The van der Waals surface area contributed by atoms with Gasteiger partial charge in [-0.3, -0.25) is 13.9 Å². The molecule has 0 saturated carbocycles. The van der Waals surface area contributed by atoms with E-state index in [1.54, 1.807) is 0 Å². The second-order valence-corrected chi connectivity index (χ2v) is 12.1. The van der Waals surface area contributed by atoms with Crippen LogP contribution in [0.2, 0.25) is 10.0 Å². The smallest absolute Gasteiger partial charge is 0.244 e. The molecule has 0 spiro atoms. The number of hydrogen-bond acceptors (Lipinski definition) is 4. The molecule has 10 heteroatoms. The summed E-state index contributed by atoms with van der Waals surface area (Å²) in [7, 11) is -3.89. The van der Waals surface area contributed by atoms with Gasteiger partial charge in [-0.05, 0) is 42.7 Å². The standard InChI is InChI=1S/C29H33Cl2N3O4S/c1-4-21(2)32-29(36)27(17-22-11-7-5-8-12-22)33(19-23-13-9-6-10-14-23)28(35)20-34(39(3,37)38)24-15-16-25(30)26(31)18-24/h5-16,18,21,27H,4,17,19-20H2,1-3H3,(H,32,36)/t21-,27+/m1/s1. The van der Waals surface area contributed by atoms with E-state index in [2.05, 4.69) is 5.32 Å². The van der Waals surface area contributed by atoms with Crippen LogP contribution < -0.4 is 9.62 Å². The van der Waals surface area contributed by atoms with Crippen molar-refractivity contribution < 1.29 is 18.0 Å². The lowest BCUT2D eigenvalue weighted by Crippen LogP contribution is -2.54. The van der Waals surface area contributed by atoms with Crippen LogP contribution in [0.1, 0.15) is 31.4 Å². The predicted octanol–water partition coefficient (Wildman–Crippen LogP) is 5.31. The number of nitrogens with one attached hydrogen (secondary N) is 1. The highest BCUT2D eigenvalue weighted by molar-refractivity contribution is 7.92. The van der Waals surface area contributed by atoms with E-state index >= 15 is 0 Å². The van der Waals surface area contributed by atoms with E-state index in [1.807, 2.05) is 74.5 Å². The predicted molar refractivity (Wildman–Crippen MR) is 157 cm³/mol. The van der Waals surface area contributed by atoms with Crippen molar-refractivity contribution >= 4 is 50.7 Å². The van der Waals surface area contributed by atoms with E-state index < -0.39 is 28.5 Å². The molecule has 7 nitrogen and oxygen atoms in total. The highest BCUT2D eigenvalue weighted by Crippen LogP contribution is 2.29. The summed E-state index contributed by atoms with van der Waals surface area (Å²) in [5.74, 6) is -0.839. The van der Waals surface area contributed by atoms with Gasteiger partial charge in [-0.15, -0.1) is 0 Å². The van der Waals surface area contributed by atoms with Crippen molar-refractivity contribution in [2.24, 2.45) is 0 Å².